The fourth-order valence-electron chi connectivity index (χ4n) is 2.36. The summed E-state index contributed by atoms with van der Waals surface area (Å²) < 4.78 is 1.92. The summed E-state index contributed by atoms with van der Waals surface area (Å²) in [5.41, 5.74) is 1.90. The van der Waals surface area contributed by atoms with E-state index in [-0.39, 0.29) is 5.54 Å². The Morgan fingerprint density at radius 3 is 2.76 bits per heavy atom. The Hall–Kier alpha value is -2.50. The highest BCUT2D eigenvalue weighted by Gasteiger charge is 2.38. The summed E-state index contributed by atoms with van der Waals surface area (Å²) in [5.74, 6) is 1.54. The summed E-state index contributed by atoms with van der Waals surface area (Å²) >= 11 is 0. The highest BCUT2D eigenvalue weighted by molar-refractivity contribution is 5.90. The van der Waals surface area contributed by atoms with E-state index < -0.39 is 0 Å². The third-order valence-corrected chi connectivity index (χ3v) is 3.97. The van der Waals surface area contributed by atoms with Crippen molar-refractivity contribution in [2.45, 2.75) is 25.3 Å². The number of hydrogen-bond donors (Lipinski definition) is 1. The van der Waals surface area contributed by atoms with Gasteiger partial charge >= 0.3 is 0 Å². The Bertz CT molecular complexity index is 818. The van der Waals surface area contributed by atoms with Crippen molar-refractivity contribution < 1.29 is 0 Å². The van der Waals surface area contributed by atoms with Crippen LogP contribution in [0.15, 0.2) is 31.0 Å². The van der Waals surface area contributed by atoms with Crippen molar-refractivity contribution in [3.8, 4) is 11.5 Å². The van der Waals surface area contributed by atoms with Crippen LogP contribution >= 0.6 is 0 Å². The minimum absolute atomic E-state index is 0.161. The normalized spacial score (nSPS) is 16.1. The van der Waals surface area contributed by atoms with E-state index in [1.165, 1.54) is 12.8 Å². The quantitative estimate of drug-likeness (QED) is 0.797. The van der Waals surface area contributed by atoms with Crippen LogP contribution in [0.25, 0.3) is 22.4 Å². The smallest absolute Gasteiger partial charge is 0.180 e. The molecular weight excluding hydrogens is 264 g/mol. The van der Waals surface area contributed by atoms with Crippen LogP contribution in [0.4, 0.5) is 5.82 Å². The minimum Gasteiger partial charge on any atom is -0.364 e. The van der Waals surface area contributed by atoms with Gasteiger partial charge in [-0.3, -0.25) is 4.98 Å². The van der Waals surface area contributed by atoms with Crippen molar-refractivity contribution in [2.24, 2.45) is 7.05 Å². The molecule has 0 atom stereocenters. The second kappa shape index (κ2) is 4.25. The van der Waals surface area contributed by atoms with Gasteiger partial charge < -0.3 is 9.88 Å². The lowest BCUT2D eigenvalue weighted by atomic mass is 10.2. The SMILES string of the molecule is Cn1cncc1-c1nc(NC2(C)CC2)c2ccncc2n1. The zero-order valence-corrected chi connectivity index (χ0v) is 12.0. The molecule has 6 heteroatoms. The molecule has 3 aromatic heterocycles. The molecule has 4 rings (SSSR count). The molecule has 3 heterocycles. The van der Waals surface area contributed by atoms with Gasteiger partial charge in [0.15, 0.2) is 5.82 Å². The standard InChI is InChI=1S/C15H16N6/c1-15(4-5-15)20-13-10-3-6-16-7-11(10)18-14(19-13)12-8-17-9-21(12)2/h3,6-9H,4-5H2,1-2H3,(H,18,19,20). The molecule has 1 N–H and O–H groups in total. The van der Waals surface area contributed by atoms with E-state index in [1.807, 2.05) is 17.7 Å². The molecule has 0 spiro atoms. The molecule has 0 unspecified atom stereocenters. The molecule has 106 valence electrons. The number of pyridine rings is 1. The summed E-state index contributed by atoms with van der Waals surface area (Å²) in [6, 6.07) is 1.95. The van der Waals surface area contributed by atoms with Crippen molar-refractivity contribution in [1.29, 1.82) is 0 Å². The molecule has 3 aromatic rings. The third kappa shape index (κ3) is 2.12. The third-order valence-electron chi connectivity index (χ3n) is 3.97. The van der Waals surface area contributed by atoms with Gasteiger partial charge in [-0.15, -0.1) is 0 Å². The van der Waals surface area contributed by atoms with Crippen molar-refractivity contribution in [1.82, 2.24) is 24.5 Å². The molecule has 0 radical (unpaired) electrons. The largest absolute Gasteiger partial charge is 0.364 e. The lowest BCUT2D eigenvalue weighted by molar-refractivity contribution is 0.821. The fraction of sp³-hybridized carbons (Fsp3) is 0.333. The van der Waals surface area contributed by atoms with Gasteiger partial charge in [0.1, 0.15) is 11.5 Å². The maximum atomic E-state index is 4.72. The Balaban J connectivity index is 1.91. The Labute approximate surface area is 122 Å². The molecule has 1 saturated carbocycles. The van der Waals surface area contributed by atoms with E-state index in [9.17, 15) is 0 Å². The topological polar surface area (TPSA) is 68.5 Å². The maximum Gasteiger partial charge on any atom is 0.180 e. The van der Waals surface area contributed by atoms with Gasteiger partial charge in [-0.1, -0.05) is 0 Å². The van der Waals surface area contributed by atoms with Crippen molar-refractivity contribution in [3.63, 3.8) is 0 Å². The first-order chi connectivity index (χ1) is 10.1. The molecule has 0 bridgehead atoms. The molecule has 0 aliphatic heterocycles. The van der Waals surface area contributed by atoms with Crippen LogP contribution in [0.2, 0.25) is 0 Å². The maximum absolute atomic E-state index is 4.72. The van der Waals surface area contributed by atoms with Crippen LogP contribution in [-0.4, -0.2) is 30.0 Å². The van der Waals surface area contributed by atoms with E-state index in [0.29, 0.717) is 5.82 Å². The number of anilines is 1. The molecular formula is C15H16N6. The Kier molecular flexibility index (Phi) is 2.48. The van der Waals surface area contributed by atoms with E-state index >= 15 is 0 Å². The lowest BCUT2D eigenvalue weighted by Gasteiger charge is -2.15. The lowest BCUT2D eigenvalue weighted by Crippen LogP contribution is -2.17. The monoisotopic (exact) mass is 280 g/mol. The number of imidazole rings is 1. The summed E-state index contributed by atoms with van der Waals surface area (Å²) in [7, 11) is 1.94. The number of nitrogens with one attached hydrogen (secondary N) is 1. The van der Waals surface area contributed by atoms with Crippen molar-refractivity contribution >= 4 is 16.7 Å². The van der Waals surface area contributed by atoms with Crippen LogP contribution < -0.4 is 5.32 Å². The first kappa shape index (κ1) is 12.3. The number of hydrogen-bond acceptors (Lipinski definition) is 5. The van der Waals surface area contributed by atoms with Gasteiger partial charge in [0.2, 0.25) is 0 Å². The number of fused-ring (bicyclic) bond motifs is 1. The van der Waals surface area contributed by atoms with Gasteiger partial charge in [-0.25, -0.2) is 15.0 Å². The Morgan fingerprint density at radius 1 is 1.19 bits per heavy atom. The Morgan fingerprint density at radius 2 is 2.05 bits per heavy atom. The molecule has 1 fully saturated rings. The van der Waals surface area contributed by atoms with Gasteiger partial charge in [0.25, 0.3) is 0 Å². The summed E-state index contributed by atoms with van der Waals surface area (Å²) in [5, 5.41) is 4.55. The summed E-state index contributed by atoms with van der Waals surface area (Å²) in [4.78, 5) is 17.6. The van der Waals surface area contributed by atoms with E-state index in [1.54, 1.807) is 24.9 Å². The molecule has 1 aliphatic carbocycles. The van der Waals surface area contributed by atoms with Gasteiger partial charge in [0.05, 0.1) is 24.2 Å². The van der Waals surface area contributed by atoms with Crippen LogP contribution in [-0.2, 0) is 7.05 Å². The molecule has 21 heavy (non-hydrogen) atoms. The van der Waals surface area contributed by atoms with Crippen LogP contribution in [0.1, 0.15) is 19.8 Å². The zero-order chi connectivity index (χ0) is 14.4. The van der Waals surface area contributed by atoms with E-state index in [4.69, 9.17) is 4.98 Å². The van der Waals surface area contributed by atoms with Crippen LogP contribution in [0, 0.1) is 0 Å². The highest BCUT2D eigenvalue weighted by atomic mass is 15.1. The van der Waals surface area contributed by atoms with Gasteiger partial charge in [-0.05, 0) is 25.8 Å². The van der Waals surface area contributed by atoms with Crippen molar-refractivity contribution in [3.05, 3.63) is 31.0 Å². The minimum atomic E-state index is 0.161. The number of aromatic nitrogens is 5. The number of rotatable bonds is 3. The molecule has 0 saturated heterocycles. The fourth-order valence-corrected chi connectivity index (χ4v) is 2.36. The average Bonchev–Trinajstić information content (AvgIpc) is 3.04. The first-order valence-electron chi connectivity index (χ1n) is 7.01. The van der Waals surface area contributed by atoms with E-state index in [2.05, 4.69) is 27.2 Å². The molecule has 6 nitrogen and oxygen atoms in total. The second-order valence-electron chi connectivity index (χ2n) is 5.86. The molecule has 0 aromatic carbocycles. The van der Waals surface area contributed by atoms with Gasteiger partial charge in [-0.2, -0.15) is 0 Å². The van der Waals surface area contributed by atoms with Crippen molar-refractivity contribution in [2.75, 3.05) is 5.32 Å². The summed E-state index contributed by atoms with van der Waals surface area (Å²) in [6.45, 7) is 2.21. The van der Waals surface area contributed by atoms with Crippen LogP contribution in [0.5, 0.6) is 0 Å². The average molecular weight is 280 g/mol. The van der Waals surface area contributed by atoms with Crippen LogP contribution in [0.3, 0.4) is 0 Å². The second-order valence-corrected chi connectivity index (χ2v) is 5.86. The number of nitrogens with zero attached hydrogens (tertiary/aromatic N) is 5. The predicted molar refractivity (Wildman–Crippen MR) is 80.8 cm³/mol. The molecule has 0 amide bonds. The predicted octanol–water partition coefficient (Wildman–Crippen LogP) is 2.39. The van der Waals surface area contributed by atoms with E-state index in [0.717, 1.165) is 22.4 Å². The van der Waals surface area contributed by atoms with Gasteiger partial charge in [0, 0.05) is 24.2 Å². The first-order valence-corrected chi connectivity index (χ1v) is 7.01. The highest BCUT2D eigenvalue weighted by Crippen LogP contribution is 2.39. The summed E-state index contributed by atoms with van der Waals surface area (Å²) in [6.07, 6.45) is 9.42. The molecule has 1 aliphatic rings. The zero-order valence-electron chi connectivity index (χ0n) is 12.0. The number of aryl methyl sites for hydroxylation is 1.